The van der Waals surface area contributed by atoms with E-state index in [0.29, 0.717) is 17.9 Å². The normalized spacial score (nSPS) is 22.0. The molecule has 0 radical (unpaired) electrons. The third-order valence-corrected chi connectivity index (χ3v) is 3.94. The van der Waals surface area contributed by atoms with Gasteiger partial charge in [-0.3, -0.25) is 4.79 Å². The highest BCUT2D eigenvalue weighted by atomic mass is 16.5. The number of nitrogens with zero attached hydrogens (tertiary/aromatic N) is 1. The highest BCUT2D eigenvalue weighted by Gasteiger charge is 2.24. The van der Waals surface area contributed by atoms with Crippen molar-refractivity contribution in [3.63, 3.8) is 0 Å². The molecule has 20 heavy (non-hydrogen) atoms. The van der Waals surface area contributed by atoms with Crippen molar-refractivity contribution in [1.29, 1.82) is 5.26 Å². The van der Waals surface area contributed by atoms with Crippen LogP contribution in [-0.4, -0.2) is 12.1 Å². The lowest BCUT2D eigenvalue weighted by Gasteiger charge is -2.28. The van der Waals surface area contributed by atoms with Crippen molar-refractivity contribution >= 4 is 5.97 Å². The Bertz CT molecular complexity index is 479. The smallest absolute Gasteiger partial charge is 0.306 e. The maximum absolute atomic E-state index is 11.5. The molecule has 0 spiro atoms. The number of carbonyl (C=O) groups is 1. The molecule has 0 unspecified atom stereocenters. The molecule has 3 nitrogen and oxygen atoms in total. The Morgan fingerprint density at radius 1 is 1.25 bits per heavy atom. The second-order valence-corrected chi connectivity index (χ2v) is 5.45. The maximum atomic E-state index is 11.5. The first-order chi connectivity index (χ1) is 9.72. The zero-order valence-corrected chi connectivity index (χ0v) is 12.0. The lowest BCUT2D eigenvalue weighted by molar-refractivity contribution is -0.150. The van der Waals surface area contributed by atoms with Gasteiger partial charge in [-0.25, -0.2) is 0 Å². The van der Waals surface area contributed by atoms with Gasteiger partial charge >= 0.3 is 5.97 Å². The van der Waals surface area contributed by atoms with Crippen molar-refractivity contribution in [3.05, 3.63) is 35.4 Å². The Balaban J connectivity index is 1.84. The molecule has 1 aliphatic rings. The molecule has 1 fully saturated rings. The van der Waals surface area contributed by atoms with Crippen molar-refractivity contribution < 1.29 is 9.53 Å². The fourth-order valence-electron chi connectivity index (χ4n) is 2.79. The summed E-state index contributed by atoms with van der Waals surface area (Å²) in [5.41, 5.74) is 2.00. The van der Waals surface area contributed by atoms with E-state index in [1.807, 2.05) is 31.2 Å². The van der Waals surface area contributed by atoms with Gasteiger partial charge in [0.05, 0.1) is 11.6 Å². The number of carbonyl (C=O) groups excluding carboxylic acids is 1. The van der Waals surface area contributed by atoms with Gasteiger partial charge in [0.1, 0.15) is 6.10 Å². The zero-order valence-electron chi connectivity index (χ0n) is 12.0. The summed E-state index contributed by atoms with van der Waals surface area (Å²) in [4.78, 5) is 11.5. The Hall–Kier alpha value is -1.82. The van der Waals surface area contributed by atoms with Gasteiger partial charge in [0, 0.05) is 6.42 Å². The van der Waals surface area contributed by atoms with Crippen LogP contribution in [-0.2, 0) is 9.53 Å². The molecule has 0 aliphatic heterocycles. The average molecular weight is 271 g/mol. The second kappa shape index (κ2) is 7.09. The van der Waals surface area contributed by atoms with Crippen molar-refractivity contribution in [3.8, 4) is 6.07 Å². The summed E-state index contributed by atoms with van der Waals surface area (Å²) in [6.07, 6.45) is 5.46. The lowest BCUT2D eigenvalue weighted by Crippen LogP contribution is -2.23. The molecule has 3 heteroatoms. The Morgan fingerprint density at radius 3 is 2.45 bits per heavy atom. The topological polar surface area (TPSA) is 50.1 Å². The van der Waals surface area contributed by atoms with E-state index in [4.69, 9.17) is 10.00 Å². The van der Waals surface area contributed by atoms with Crippen LogP contribution in [0.15, 0.2) is 24.3 Å². The van der Waals surface area contributed by atoms with Crippen LogP contribution >= 0.6 is 0 Å². The SMILES string of the molecule is CCCC(=O)OC1CCC(c2ccc(C#N)cc2)CC1. The predicted molar refractivity (Wildman–Crippen MR) is 77.2 cm³/mol. The zero-order chi connectivity index (χ0) is 14.4. The van der Waals surface area contributed by atoms with E-state index >= 15 is 0 Å². The molecule has 0 saturated heterocycles. The Morgan fingerprint density at radius 2 is 1.90 bits per heavy atom. The largest absolute Gasteiger partial charge is 0.462 e. The standard InChI is InChI=1S/C17H21NO2/c1-2-3-17(19)20-16-10-8-15(9-11-16)14-6-4-13(12-18)5-7-14/h4-7,15-16H,2-3,8-11H2,1H3. The van der Waals surface area contributed by atoms with Crippen LogP contribution in [0.2, 0.25) is 0 Å². The minimum atomic E-state index is -0.0608. The van der Waals surface area contributed by atoms with Gasteiger partial charge in [-0.2, -0.15) is 5.26 Å². The molecular weight excluding hydrogens is 250 g/mol. The quantitative estimate of drug-likeness (QED) is 0.780. The predicted octanol–water partition coefficient (Wildman–Crippen LogP) is 3.93. The van der Waals surface area contributed by atoms with Crippen molar-refractivity contribution in [2.45, 2.75) is 57.5 Å². The average Bonchev–Trinajstić information content (AvgIpc) is 2.48. The molecule has 0 atom stereocenters. The number of ether oxygens (including phenoxy) is 1. The van der Waals surface area contributed by atoms with Crippen molar-refractivity contribution in [2.24, 2.45) is 0 Å². The van der Waals surface area contributed by atoms with Gasteiger partial charge in [0.15, 0.2) is 0 Å². The van der Waals surface area contributed by atoms with Crippen LogP contribution in [0.25, 0.3) is 0 Å². The van der Waals surface area contributed by atoms with Gasteiger partial charge in [-0.05, 0) is 55.7 Å². The molecule has 1 aliphatic carbocycles. The van der Waals surface area contributed by atoms with E-state index in [2.05, 4.69) is 6.07 Å². The lowest BCUT2D eigenvalue weighted by atomic mass is 9.82. The van der Waals surface area contributed by atoms with Crippen LogP contribution in [0.5, 0.6) is 0 Å². The fourth-order valence-corrected chi connectivity index (χ4v) is 2.79. The summed E-state index contributed by atoms with van der Waals surface area (Å²) in [5, 5.41) is 8.80. The van der Waals surface area contributed by atoms with E-state index in [1.165, 1.54) is 5.56 Å². The summed E-state index contributed by atoms with van der Waals surface area (Å²) in [5.74, 6) is 0.471. The second-order valence-electron chi connectivity index (χ2n) is 5.45. The fraction of sp³-hybridized carbons (Fsp3) is 0.529. The van der Waals surface area contributed by atoms with Crippen molar-refractivity contribution in [1.82, 2.24) is 0 Å². The molecule has 1 aromatic rings. The molecule has 1 aromatic carbocycles. The van der Waals surface area contributed by atoms with Gasteiger partial charge in [0.25, 0.3) is 0 Å². The minimum Gasteiger partial charge on any atom is -0.462 e. The van der Waals surface area contributed by atoms with Gasteiger partial charge in [-0.1, -0.05) is 19.1 Å². The van der Waals surface area contributed by atoms with E-state index in [9.17, 15) is 4.79 Å². The first kappa shape index (κ1) is 14.6. The molecule has 0 bridgehead atoms. The molecule has 0 amide bonds. The molecular formula is C17H21NO2. The molecule has 0 N–H and O–H groups in total. The molecule has 106 valence electrons. The Labute approximate surface area is 120 Å². The van der Waals surface area contributed by atoms with E-state index in [-0.39, 0.29) is 12.1 Å². The summed E-state index contributed by atoms with van der Waals surface area (Å²) >= 11 is 0. The van der Waals surface area contributed by atoms with Gasteiger partial charge < -0.3 is 4.74 Å². The van der Waals surface area contributed by atoms with E-state index in [0.717, 1.165) is 32.1 Å². The highest BCUT2D eigenvalue weighted by molar-refractivity contribution is 5.69. The molecule has 1 saturated carbocycles. The molecule has 0 aromatic heterocycles. The molecule has 0 heterocycles. The van der Waals surface area contributed by atoms with Crippen LogP contribution < -0.4 is 0 Å². The third kappa shape index (κ3) is 3.84. The number of nitriles is 1. The first-order valence-corrected chi connectivity index (χ1v) is 7.42. The van der Waals surface area contributed by atoms with Crippen LogP contribution in [0.1, 0.15) is 62.5 Å². The first-order valence-electron chi connectivity index (χ1n) is 7.42. The minimum absolute atomic E-state index is 0.0608. The number of rotatable bonds is 4. The summed E-state index contributed by atoms with van der Waals surface area (Å²) in [7, 11) is 0. The number of hydrogen-bond donors (Lipinski definition) is 0. The molecule has 2 rings (SSSR count). The van der Waals surface area contributed by atoms with E-state index in [1.54, 1.807) is 0 Å². The summed E-state index contributed by atoms with van der Waals surface area (Å²) in [6, 6.07) is 9.99. The van der Waals surface area contributed by atoms with Gasteiger partial charge in [0.2, 0.25) is 0 Å². The number of hydrogen-bond acceptors (Lipinski definition) is 3. The number of benzene rings is 1. The van der Waals surface area contributed by atoms with E-state index < -0.39 is 0 Å². The number of esters is 1. The maximum Gasteiger partial charge on any atom is 0.306 e. The Kier molecular flexibility index (Phi) is 5.17. The van der Waals surface area contributed by atoms with Crippen LogP contribution in [0.3, 0.4) is 0 Å². The van der Waals surface area contributed by atoms with Crippen LogP contribution in [0, 0.1) is 11.3 Å². The third-order valence-electron chi connectivity index (χ3n) is 3.94. The summed E-state index contributed by atoms with van der Waals surface area (Å²) < 4.78 is 5.47. The highest BCUT2D eigenvalue weighted by Crippen LogP contribution is 2.34. The van der Waals surface area contributed by atoms with Gasteiger partial charge in [-0.15, -0.1) is 0 Å². The summed E-state index contributed by atoms with van der Waals surface area (Å²) in [6.45, 7) is 1.99. The van der Waals surface area contributed by atoms with Crippen molar-refractivity contribution in [2.75, 3.05) is 0 Å². The van der Waals surface area contributed by atoms with Crippen LogP contribution in [0.4, 0.5) is 0 Å². The monoisotopic (exact) mass is 271 g/mol.